The van der Waals surface area contributed by atoms with Crippen molar-refractivity contribution in [1.82, 2.24) is 5.01 Å². The van der Waals surface area contributed by atoms with E-state index in [-0.39, 0.29) is 0 Å². The van der Waals surface area contributed by atoms with Crippen LogP contribution >= 0.6 is 0 Å². The van der Waals surface area contributed by atoms with E-state index in [0.717, 1.165) is 41.4 Å². The number of anilines is 1. The van der Waals surface area contributed by atoms with E-state index in [0.29, 0.717) is 6.79 Å². The highest BCUT2D eigenvalue weighted by molar-refractivity contribution is 5.68. The highest BCUT2D eigenvalue weighted by Crippen LogP contribution is 2.42. The molecule has 0 bridgehead atoms. The third kappa shape index (κ3) is 1.67. The summed E-state index contributed by atoms with van der Waals surface area (Å²) in [4.78, 5) is 4.17. The molecule has 90 valence electrons. The number of ether oxygens (including phenoxy) is 2. The quantitative estimate of drug-likeness (QED) is 0.844. The van der Waals surface area contributed by atoms with Gasteiger partial charge in [0.15, 0.2) is 11.5 Å². The Kier molecular flexibility index (Phi) is 2.31. The topological polar surface area (TPSA) is 46.1 Å². The molecule has 0 aliphatic carbocycles. The van der Waals surface area contributed by atoms with Crippen molar-refractivity contribution in [1.29, 1.82) is 0 Å². The van der Waals surface area contributed by atoms with Gasteiger partial charge in [-0.2, -0.15) is 0 Å². The van der Waals surface area contributed by atoms with Crippen LogP contribution in [0.2, 0.25) is 0 Å². The number of hydrogen-bond donors (Lipinski definition) is 1. The third-order valence-electron chi connectivity index (χ3n) is 3.03. The van der Waals surface area contributed by atoms with E-state index in [2.05, 4.69) is 16.5 Å². The van der Waals surface area contributed by atoms with Crippen LogP contribution in [-0.4, -0.2) is 31.2 Å². The number of hydrazine groups is 1. The number of rotatable bonds is 2. The van der Waals surface area contributed by atoms with Gasteiger partial charge in [0.05, 0.1) is 18.8 Å². The zero-order valence-electron chi connectivity index (χ0n) is 9.99. The highest BCUT2D eigenvalue weighted by atomic mass is 16.7. The number of fused-ring (bicyclic) bond motifs is 1. The second-order valence-electron chi connectivity index (χ2n) is 4.26. The number of hydrogen-bond acceptors (Lipinski definition) is 5. The largest absolute Gasteiger partial charge is 0.453 e. The fourth-order valence-corrected chi connectivity index (χ4v) is 2.10. The Morgan fingerprint density at radius 1 is 1.29 bits per heavy atom. The molecule has 0 saturated carbocycles. The Balaban J connectivity index is 1.94. The van der Waals surface area contributed by atoms with Crippen LogP contribution in [0.1, 0.15) is 11.1 Å². The molecule has 0 spiro atoms. The van der Waals surface area contributed by atoms with Crippen LogP contribution in [-0.2, 0) is 0 Å². The van der Waals surface area contributed by atoms with Crippen molar-refractivity contribution in [2.24, 2.45) is 4.99 Å². The average Bonchev–Trinajstić information content (AvgIpc) is 2.96. The van der Waals surface area contributed by atoms with Gasteiger partial charge in [0.25, 0.3) is 0 Å². The number of aliphatic imine (C=N–C) groups is 1. The van der Waals surface area contributed by atoms with Gasteiger partial charge in [-0.3, -0.25) is 15.4 Å². The smallest absolute Gasteiger partial charge is 0.231 e. The summed E-state index contributed by atoms with van der Waals surface area (Å²) in [5.41, 5.74) is 6.53. The fraction of sp³-hybridized carbons (Fsp3) is 0.417. The molecule has 0 aromatic heterocycles. The molecule has 2 heterocycles. The van der Waals surface area contributed by atoms with Gasteiger partial charge in [0.2, 0.25) is 6.79 Å². The number of nitrogens with one attached hydrogen (secondary N) is 1. The van der Waals surface area contributed by atoms with Gasteiger partial charge in [-0.25, -0.2) is 0 Å². The first-order valence-electron chi connectivity index (χ1n) is 5.69. The zero-order chi connectivity index (χ0) is 11.8. The van der Waals surface area contributed by atoms with Crippen LogP contribution in [0.5, 0.6) is 11.5 Å². The normalized spacial score (nSPS) is 16.7. The average molecular weight is 233 g/mol. The van der Waals surface area contributed by atoms with Crippen LogP contribution in [0.25, 0.3) is 0 Å². The molecule has 0 amide bonds. The van der Waals surface area contributed by atoms with Crippen molar-refractivity contribution >= 4 is 12.0 Å². The van der Waals surface area contributed by atoms with Crippen LogP contribution < -0.4 is 14.9 Å². The maximum absolute atomic E-state index is 5.50. The van der Waals surface area contributed by atoms with Crippen molar-refractivity contribution in [2.75, 3.05) is 25.3 Å². The SMILES string of the molecule is Cc1cc(NN2C=NCC2)c(C)c2c1OCO2. The summed E-state index contributed by atoms with van der Waals surface area (Å²) in [6.45, 7) is 6.10. The molecule has 0 saturated heterocycles. The van der Waals surface area contributed by atoms with Crippen LogP contribution in [0.3, 0.4) is 0 Å². The third-order valence-corrected chi connectivity index (χ3v) is 3.03. The summed E-state index contributed by atoms with van der Waals surface area (Å²) in [7, 11) is 0. The Hall–Kier alpha value is -1.91. The maximum Gasteiger partial charge on any atom is 0.231 e. The first-order valence-corrected chi connectivity index (χ1v) is 5.69. The number of benzene rings is 1. The van der Waals surface area contributed by atoms with Gasteiger partial charge in [0.1, 0.15) is 6.34 Å². The van der Waals surface area contributed by atoms with Gasteiger partial charge in [-0.1, -0.05) is 0 Å². The monoisotopic (exact) mass is 233 g/mol. The molecule has 0 radical (unpaired) electrons. The van der Waals surface area contributed by atoms with Crippen molar-refractivity contribution in [2.45, 2.75) is 13.8 Å². The maximum atomic E-state index is 5.50. The lowest BCUT2D eigenvalue weighted by atomic mass is 10.1. The van der Waals surface area contributed by atoms with E-state index in [9.17, 15) is 0 Å². The molecule has 0 atom stereocenters. The Morgan fingerprint density at radius 3 is 2.88 bits per heavy atom. The molecule has 3 rings (SSSR count). The van der Waals surface area contributed by atoms with E-state index in [1.807, 2.05) is 25.2 Å². The lowest BCUT2D eigenvalue weighted by Gasteiger charge is -2.19. The summed E-state index contributed by atoms with van der Waals surface area (Å²) in [6.07, 6.45) is 1.82. The molecule has 2 aliphatic rings. The first-order chi connectivity index (χ1) is 8.25. The van der Waals surface area contributed by atoms with E-state index in [1.165, 1.54) is 0 Å². The van der Waals surface area contributed by atoms with Crippen molar-refractivity contribution < 1.29 is 9.47 Å². The minimum Gasteiger partial charge on any atom is -0.453 e. The predicted molar refractivity (Wildman–Crippen MR) is 65.7 cm³/mol. The molecule has 17 heavy (non-hydrogen) atoms. The molecule has 2 aliphatic heterocycles. The fourth-order valence-electron chi connectivity index (χ4n) is 2.10. The second-order valence-corrected chi connectivity index (χ2v) is 4.26. The molecule has 1 aromatic carbocycles. The summed E-state index contributed by atoms with van der Waals surface area (Å²) in [5.74, 6) is 1.71. The summed E-state index contributed by atoms with van der Waals surface area (Å²) < 4.78 is 10.9. The Bertz CT molecular complexity index is 485. The van der Waals surface area contributed by atoms with Gasteiger partial charge in [-0.15, -0.1) is 0 Å². The first kappa shape index (κ1) is 10.3. The minimum absolute atomic E-state index is 0.311. The Labute approximate surface area is 100 Å². The molecule has 0 fully saturated rings. The van der Waals surface area contributed by atoms with E-state index < -0.39 is 0 Å². The van der Waals surface area contributed by atoms with Crippen LogP contribution in [0.15, 0.2) is 11.1 Å². The van der Waals surface area contributed by atoms with Crippen molar-refractivity contribution in [3.63, 3.8) is 0 Å². The number of nitrogens with zero attached hydrogens (tertiary/aromatic N) is 2. The second kappa shape index (κ2) is 3.84. The molecule has 1 N–H and O–H groups in total. The summed E-state index contributed by atoms with van der Waals surface area (Å²) >= 11 is 0. The van der Waals surface area contributed by atoms with Crippen molar-refractivity contribution in [3.8, 4) is 11.5 Å². The lowest BCUT2D eigenvalue weighted by Crippen LogP contribution is -2.26. The molecular formula is C12H15N3O2. The van der Waals surface area contributed by atoms with Gasteiger partial charge < -0.3 is 9.47 Å². The standard InChI is InChI=1S/C12H15N3O2/c1-8-5-10(14-15-4-3-13-6-15)9(2)12-11(8)16-7-17-12/h5-6,14H,3-4,7H2,1-2H3. The zero-order valence-corrected chi connectivity index (χ0v) is 9.99. The molecule has 5 nitrogen and oxygen atoms in total. The predicted octanol–water partition coefficient (Wildman–Crippen LogP) is 1.70. The molecular weight excluding hydrogens is 218 g/mol. The molecule has 0 unspecified atom stereocenters. The van der Waals surface area contributed by atoms with Crippen LogP contribution in [0, 0.1) is 13.8 Å². The number of aryl methyl sites for hydroxylation is 1. The van der Waals surface area contributed by atoms with E-state index in [4.69, 9.17) is 9.47 Å². The Morgan fingerprint density at radius 2 is 2.12 bits per heavy atom. The molecule has 1 aromatic rings. The minimum atomic E-state index is 0.311. The summed E-state index contributed by atoms with van der Waals surface area (Å²) in [5, 5.41) is 1.98. The highest BCUT2D eigenvalue weighted by Gasteiger charge is 2.21. The van der Waals surface area contributed by atoms with Crippen LogP contribution in [0.4, 0.5) is 5.69 Å². The molecule has 5 heteroatoms. The van der Waals surface area contributed by atoms with Gasteiger partial charge in [0, 0.05) is 5.56 Å². The van der Waals surface area contributed by atoms with E-state index >= 15 is 0 Å². The van der Waals surface area contributed by atoms with Gasteiger partial charge >= 0.3 is 0 Å². The van der Waals surface area contributed by atoms with E-state index in [1.54, 1.807) is 0 Å². The van der Waals surface area contributed by atoms with Gasteiger partial charge in [-0.05, 0) is 25.5 Å². The van der Waals surface area contributed by atoms with Crippen molar-refractivity contribution in [3.05, 3.63) is 17.2 Å². The summed E-state index contributed by atoms with van der Waals surface area (Å²) in [6, 6.07) is 2.08. The lowest BCUT2D eigenvalue weighted by molar-refractivity contribution is 0.173.